The van der Waals surface area contributed by atoms with Crippen LogP contribution in [0.3, 0.4) is 0 Å². The fourth-order valence-corrected chi connectivity index (χ4v) is 4.38. The fourth-order valence-electron chi connectivity index (χ4n) is 3.07. The van der Waals surface area contributed by atoms with Gasteiger partial charge in [0.2, 0.25) is 5.03 Å². The molecule has 1 aliphatic rings. The highest BCUT2D eigenvalue weighted by Crippen LogP contribution is 2.33. The van der Waals surface area contributed by atoms with Crippen LogP contribution in [0.5, 0.6) is 0 Å². The molecular weight excluding hydrogens is 352 g/mol. The van der Waals surface area contributed by atoms with E-state index in [9.17, 15) is 13.6 Å². The maximum atomic E-state index is 13.0. The van der Waals surface area contributed by atoms with Crippen molar-refractivity contribution in [3.63, 3.8) is 0 Å². The molecule has 8 heteroatoms. The predicted molar refractivity (Wildman–Crippen MR) is 97.2 cm³/mol. The molecule has 0 radical (unpaired) electrons. The quantitative estimate of drug-likeness (QED) is 0.555. The van der Waals surface area contributed by atoms with Crippen molar-refractivity contribution in [1.82, 2.24) is 9.78 Å². The van der Waals surface area contributed by atoms with E-state index in [1.54, 1.807) is 35.1 Å². The number of anilines is 1. The summed E-state index contributed by atoms with van der Waals surface area (Å²) in [4.78, 5) is 0. The fraction of sp³-hybridized carbons (Fsp3) is 0.111. The molecule has 0 amide bonds. The molecule has 2 aromatic carbocycles. The van der Waals surface area contributed by atoms with Crippen LogP contribution in [-0.4, -0.2) is 36.2 Å². The van der Waals surface area contributed by atoms with E-state index >= 15 is 0 Å². The van der Waals surface area contributed by atoms with Crippen LogP contribution >= 0.6 is 0 Å². The lowest BCUT2D eigenvalue weighted by Gasteiger charge is -2.18. The van der Waals surface area contributed by atoms with Crippen LogP contribution in [0.25, 0.3) is 0 Å². The van der Waals surface area contributed by atoms with E-state index in [2.05, 4.69) is 10.3 Å². The molecule has 132 valence electrons. The van der Waals surface area contributed by atoms with Gasteiger partial charge in [-0.05, 0) is 11.6 Å². The van der Waals surface area contributed by atoms with E-state index in [1.807, 2.05) is 30.3 Å². The van der Waals surface area contributed by atoms with Gasteiger partial charge in [-0.1, -0.05) is 53.7 Å². The molecule has 26 heavy (non-hydrogen) atoms. The largest absolute Gasteiger partial charge is 0.410 e. The molecule has 4 rings (SSSR count). The Morgan fingerprint density at radius 3 is 2.46 bits per heavy atom. The van der Waals surface area contributed by atoms with E-state index < -0.39 is 10.0 Å². The van der Waals surface area contributed by atoms with Crippen molar-refractivity contribution in [2.24, 2.45) is 5.16 Å². The van der Waals surface area contributed by atoms with Gasteiger partial charge in [0, 0.05) is 18.8 Å². The molecule has 1 aromatic heterocycles. The summed E-state index contributed by atoms with van der Waals surface area (Å²) in [5.74, 6) is 0. The van der Waals surface area contributed by atoms with E-state index in [0.717, 1.165) is 5.56 Å². The van der Waals surface area contributed by atoms with Crippen molar-refractivity contribution in [2.75, 3.05) is 11.4 Å². The summed E-state index contributed by atoms with van der Waals surface area (Å²) in [7, 11) is -2.41. The Balaban J connectivity index is 1.91. The minimum atomic E-state index is -3.88. The summed E-state index contributed by atoms with van der Waals surface area (Å²) >= 11 is 0. The van der Waals surface area contributed by atoms with E-state index in [4.69, 9.17) is 0 Å². The summed E-state index contributed by atoms with van der Waals surface area (Å²) < 4.78 is 28.8. The summed E-state index contributed by atoms with van der Waals surface area (Å²) in [5.41, 5.74) is 2.41. The van der Waals surface area contributed by atoms with E-state index in [1.165, 1.54) is 11.4 Å². The molecule has 2 heterocycles. The highest BCUT2D eigenvalue weighted by molar-refractivity contribution is 7.92. The molecule has 1 aliphatic heterocycles. The second kappa shape index (κ2) is 5.99. The van der Waals surface area contributed by atoms with Gasteiger partial charge in [0.1, 0.15) is 5.71 Å². The first-order chi connectivity index (χ1) is 12.5. The van der Waals surface area contributed by atoms with Crippen LogP contribution in [0.15, 0.2) is 71.0 Å². The SMILES string of the molecule is CN1c2ccccc2C(=NO)c2cn(Cc3ccccc3)nc2S1(=O)=O. The Morgan fingerprint density at radius 2 is 1.73 bits per heavy atom. The highest BCUT2D eigenvalue weighted by atomic mass is 32.2. The summed E-state index contributed by atoms with van der Waals surface area (Å²) in [6.07, 6.45) is 1.60. The molecule has 0 aliphatic carbocycles. The predicted octanol–water partition coefficient (Wildman–Crippen LogP) is 2.30. The topological polar surface area (TPSA) is 87.8 Å². The maximum Gasteiger partial charge on any atom is 0.284 e. The molecule has 0 bridgehead atoms. The molecule has 3 aromatic rings. The first kappa shape index (κ1) is 16.3. The smallest absolute Gasteiger partial charge is 0.284 e. The molecule has 7 nitrogen and oxygen atoms in total. The lowest BCUT2D eigenvalue weighted by atomic mass is 10.0. The Kier molecular flexibility index (Phi) is 3.77. The van der Waals surface area contributed by atoms with Gasteiger partial charge in [0.25, 0.3) is 10.0 Å². The number of para-hydroxylation sites is 1. The van der Waals surface area contributed by atoms with Crippen LogP contribution < -0.4 is 4.31 Å². The van der Waals surface area contributed by atoms with Gasteiger partial charge in [0.15, 0.2) is 0 Å². The average Bonchev–Trinajstić information content (AvgIpc) is 3.05. The van der Waals surface area contributed by atoms with E-state index in [-0.39, 0.29) is 16.3 Å². The Bertz CT molecular complexity index is 1100. The van der Waals surface area contributed by atoms with Crippen LogP contribution in [-0.2, 0) is 16.6 Å². The molecule has 0 saturated carbocycles. The number of nitrogens with zero attached hydrogens (tertiary/aromatic N) is 4. The van der Waals surface area contributed by atoms with Crippen LogP contribution in [0.2, 0.25) is 0 Å². The number of rotatable bonds is 2. The third-order valence-electron chi connectivity index (χ3n) is 4.37. The van der Waals surface area contributed by atoms with Crippen molar-refractivity contribution in [2.45, 2.75) is 11.6 Å². The number of sulfonamides is 1. The molecular formula is C18H16N4O3S. The van der Waals surface area contributed by atoms with Gasteiger partial charge in [-0.25, -0.2) is 0 Å². The van der Waals surface area contributed by atoms with Gasteiger partial charge in [-0.2, -0.15) is 13.5 Å². The first-order valence-corrected chi connectivity index (χ1v) is 9.38. The number of fused-ring (bicyclic) bond motifs is 2. The van der Waals surface area contributed by atoms with Crippen LogP contribution in [0.4, 0.5) is 5.69 Å². The van der Waals surface area contributed by atoms with Gasteiger partial charge >= 0.3 is 0 Å². The second-order valence-corrected chi connectivity index (χ2v) is 7.85. The number of hydrogen-bond donors (Lipinski definition) is 1. The zero-order chi connectivity index (χ0) is 18.3. The van der Waals surface area contributed by atoms with Gasteiger partial charge in [-0.15, -0.1) is 0 Å². The van der Waals surface area contributed by atoms with Gasteiger partial charge in [-0.3, -0.25) is 8.99 Å². The summed E-state index contributed by atoms with van der Waals surface area (Å²) in [6.45, 7) is 0.410. The molecule has 0 spiro atoms. The van der Waals surface area contributed by atoms with Crippen LogP contribution in [0, 0.1) is 0 Å². The number of hydrogen-bond acceptors (Lipinski definition) is 5. The number of aromatic nitrogens is 2. The van der Waals surface area contributed by atoms with Crippen LogP contribution in [0.1, 0.15) is 16.7 Å². The Labute approximate surface area is 150 Å². The number of oxime groups is 1. The second-order valence-electron chi connectivity index (χ2n) is 5.97. The molecule has 0 saturated heterocycles. The van der Waals surface area contributed by atoms with Crippen molar-refractivity contribution >= 4 is 21.4 Å². The maximum absolute atomic E-state index is 13.0. The zero-order valence-corrected chi connectivity index (χ0v) is 14.8. The van der Waals surface area contributed by atoms with Crippen molar-refractivity contribution in [3.8, 4) is 0 Å². The third kappa shape index (κ3) is 2.46. The normalized spacial score (nSPS) is 16.8. The third-order valence-corrected chi connectivity index (χ3v) is 6.08. The molecule has 0 atom stereocenters. The zero-order valence-electron chi connectivity index (χ0n) is 13.9. The minimum absolute atomic E-state index is 0.125. The van der Waals surface area contributed by atoms with Crippen molar-refractivity contribution < 1.29 is 13.6 Å². The van der Waals surface area contributed by atoms with E-state index in [0.29, 0.717) is 17.8 Å². The average molecular weight is 368 g/mol. The lowest BCUT2D eigenvalue weighted by Crippen LogP contribution is -2.27. The lowest BCUT2D eigenvalue weighted by molar-refractivity contribution is 0.319. The highest BCUT2D eigenvalue weighted by Gasteiger charge is 2.36. The Morgan fingerprint density at radius 1 is 1.04 bits per heavy atom. The van der Waals surface area contributed by atoms with Crippen molar-refractivity contribution in [3.05, 3.63) is 77.5 Å². The molecule has 1 N–H and O–H groups in total. The standard InChI is InChI=1S/C18H16N4O3S/c1-21-16-10-6-5-9-14(16)17(20-23)15-12-22(19-18(15)26(21,24)25)11-13-7-3-2-4-8-13/h2-10,12,23H,11H2,1H3. The van der Waals surface area contributed by atoms with Crippen molar-refractivity contribution in [1.29, 1.82) is 0 Å². The minimum Gasteiger partial charge on any atom is -0.410 e. The summed E-state index contributed by atoms with van der Waals surface area (Å²) in [6, 6.07) is 16.5. The van der Waals surface area contributed by atoms with Gasteiger partial charge < -0.3 is 5.21 Å². The number of benzene rings is 2. The Hall–Kier alpha value is -3.13. The summed E-state index contributed by atoms with van der Waals surface area (Å²) in [5, 5.41) is 17.1. The monoisotopic (exact) mass is 368 g/mol. The van der Waals surface area contributed by atoms with Gasteiger partial charge in [0.05, 0.1) is 17.8 Å². The first-order valence-electron chi connectivity index (χ1n) is 7.94. The molecule has 0 unspecified atom stereocenters. The molecule has 0 fully saturated rings.